The van der Waals surface area contributed by atoms with Crippen molar-refractivity contribution in [2.45, 2.75) is 45.8 Å². The van der Waals surface area contributed by atoms with Crippen LogP contribution in [-0.4, -0.2) is 66.6 Å². The van der Waals surface area contributed by atoms with Gasteiger partial charge in [0.05, 0.1) is 26.4 Å². The van der Waals surface area contributed by atoms with Crippen LogP contribution in [0.3, 0.4) is 0 Å². The Hall–Kier alpha value is -3.13. The van der Waals surface area contributed by atoms with E-state index in [0.29, 0.717) is 47.0 Å². The molecule has 0 bridgehead atoms. The maximum absolute atomic E-state index is 13.7. The Bertz CT molecular complexity index is 1030. The number of amides is 1. The van der Waals surface area contributed by atoms with E-state index in [1.807, 2.05) is 0 Å². The number of aromatic nitrogens is 1. The number of hydrogen-bond acceptors (Lipinski definition) is 6. The van der Waals surface area contributed by atoms with Gasteiger partial charge in [-0.1, -0.05) is 0 Å². The van der Waals surface area contributed by atoms with Gasteiger partial charge in [0.1, 0.15) is 11.4 Å². The summed E-state index contributed by atoms with van der Waals surface area (Å²) in [6, 6.07) is 6.06. The van der Waals surface area contributed by atoms with Gasteiger partial charge in [-0.2, -0.15) is 0 Å². The SMILES string of the molecule is COC(=O)c1c(C)c(C(=O)C(C)N(CC2CCCO2)C(=O)c2ccc(OC)cc2)c(C)n1C. The van der Waals surface area contributed by atoms with E-state index in [1.54, 1.807) is 68.7 Å². The lowest BCUT2D eigenvalue weighted by molar-refractivity contribution is 0.0410. The van der Waals surface area contributed by atoms with Crippen LogP contribution in [0.4, 0.5) is 0 Å². The summed E-state index contributed by atoms with van der Waals surface area (Å²) in [5.74, 6) is -0.341. The lowest BCUT2D eigenvalue weighted by atomic mass is 9.98. The van der Waals surface area contributed by atoms with Gasteiger partial charge in [0.25, 0.3) is 5.91 Å². The molecule has 1 aromatic heterocycles. The van der Waals surface area contributed by atoms with Crippen LogP contribution in [-0.2, 0) is 16.5 Å². The second-order valence-corrected chi connectivity index (χ2v) is 8.35. The summed E-state index contributed by atoms with van der Waals surface area (Å²) in [5.41, 5.74) is 2.43. The summed E-state index contributed by atoms with van der Waals surface area (Å²) in [5, 5.41) is 0. The number of nitrogens with zero attached hydrogens (tertiary/aromatic N) is 2. The van der Waals surface area contributed by atoms with Crippen LogP contribution in [0.25, 0.3) is 0 Å². The largest absolute Gasteiger partial charge is 0.497 e. The van der Waals surface area contributed by atoms with Crippen molar-refractivity contribution in [2.75, 3.05) is 27.4 Å². The Balaban J connectivity index is 1.97. The van der Waals surface area contributed by atoms with E-state index in [-0.39, 0.29) is 17.8 Å². The predicted molar refractivity (Wildman–Crippen MR) is 123 cm³/mol. The minimum Gasteiger partial charge on any atom is -0.497 e. The van der Waals surface area contributed by atoms with Crippen LogP contribution in [0.1, 0.15) is 62.2 Å². The third-order valence-corrected chi connectivity index (χ3v) is 6.42. The van der Waals surface area contributed by atoms with Gasteiger partial charge in [-0.15, -0.1) is 0 Å². The molecule has 2 unspecified atom stereocenters. The average Bonchev–Trinajstić information content (AvgIpc) is 3.42. The molecule has 0 N–H and O–H groups in total. The van der Waals surface area contributed by atoms with E-state index in [9.17, 15) is 14.4 Å². The van der Waals surface area contributed by atoms with Gasteiger partial charge >= 0.3 is 5.97 Å². The maximum Gasteiger partial charge on any atom is 0.354 e. The number of esters is 1. The number of Topliss-reactive ketones (excluding diaryl/α,β-unsaturated/α-hetero) is 1. The van der Waals surface area contributed by atoms with E-state index in [4.69, 9.17) is 14.2 Å². The van der Waals surface area contributed by atoms with Crippen LogP contribution in [0.2, 0.25) is 0 Å². The van der Waals surface area contributed by atoms with Gasteiger partial charge in [0.2, 0.25) is 0 Å². The third kappa shape index (κ3) is 4.80. The average molecular weight is 457 g/mol. The van der Waals surface area contributed by atoms with Crippen molar-refractivity contribution in [3.05, 3.63) is 52.3 Å². The van der Waals surface area contributed by atoms with E-state index < -0.39 is 12.0 Å². The molecule has 178 valence electrons. The molecule has 0 spiro atoms. The minimum absolute atomic E-state index is 0.119. The van der Waals surface area contributed by atoms with E-state index in [2.05, 4.69) is 0 Å². The molecule has 0 saturated carbocycles. The summed E-state index contributed by atoms with van der Waals surface area (Å²) in [6.45, 7) is 6.20. The highest BCUT2D eigenvalue weighted by Crippen LogP contribution is 2.26. The number of carbonyl (C=O) groups is 3. The summed E-state index contributed by atoms with van der Waals surface area (Å²) in [7, 11) is 4.60. The Morgan fingerprint density at radius 3 is 2.39 bits per heavy atom. The van der Waals surface area contributed by atoms with Gasteiger partial charge in [-0.25, -0.2) is 4.79 Å². The molecule has 1 aliphatic rings. The summed E-state index contributed by atoms with van der Waals surface area (Å²) < 4.78 is 17.5. The Morgan fingerprint density at radius 2 is 1.85 bits per heavy atom. The standard InChI is InChI=1S/C25H32N2O6/c1-15-21(16(2)26(4)22(15)25(30)32-6)23(28)17(3)27(14-20-8-7-13-33-20)24(29)18-9-11-19(31-5)12-10-18/h9-12,17,20H,7-8,13-14H2,1-6H3. The first-order valence-corrected chi connectivity index (χ1v) is 11.1. The molecule has 1 aromatic carbocycles. The second kappa shape index (κ2) is 10.2. The van der Waals surface area contributed by atoms with Gasteiger partial charge in [-0.05, 0) is 63.4 Å². The molecule has 8 nitrogen and oxygen atoms in total. The molecular formula is C25H32N2O6. The van der Waals surface area contributed by atoms with Crippen LogP contribution in [0.5, 0.6) is 5.75 Å². The monoisotopic (exact) mass is 456 g/mol. The quantitative estimate of drug-likeness (QED) is 0.447. The topological polar surface area (TPSA) is 87.1 Å². The number of methoxy groups -OCH3 is 2. The molecule has 1 saturated heterocycles. The second-order valence-electron chi connectivity index (χ2n) is 8.35. The lowest BCUT2D eigenvalue weighted by Crippen LogP contribution is -2.47. The van der Waals surface area contributed by atoms with Gasteiger partial charge in [-0.3, -0.25) is 9.59 Å². The first-order valence-electron chi connectivity index (χ1n) is 11.1. The summed E-state index contributed by atoms with van der Waals surface area (Å²) in [4.78, 5) is 41.0. The number of carbonyl (C=O) groups excluding carboxylic acids is 3. The van der Waals surface area contributed by atoms with Crippen molar-refractivity contribution in [3.63, 3.8) is 0 Å². The van der Waals surface area contributed by atoms with Crippen LogP contribution in [0, 0.1) is 13.8 Å². The summed E-state index contributed by atoms with van der Waals surface area (Å²) >= 11 is 0. The van der Waals surface area contributed by atoms with Crippen molar-refractivity contribution in [1.82, 2.24) is 9.47 Å². The van der Waals surface area contributed by atoms with Gasteiger partial charge in [0.15, 0.2) is 5.78 Å². The van der Waals surface area contributed by atoms with Crippen LogP contribution >= 0.6 is 0 Å². The normalized spacial score (nSPS) is 16.4. The molecule has 2 heterocycles. The van der Waals surface area contributed by atoms with Crippen LogP contribution < -0.4 is 4.74 Å². The highest BCUT2D eigenvalue weighted by Gasteiger charge is 2.34. The molecular weight excluding hydrogens is 424 g/mol. The Morgan fingerprint density at radius 1 is 1.18 bits per heavy atom. The minimum atomic E-state index is -0.755. The van der Waals surface area contributed by atoms with Crippen molar-refractivity contribution >= 4 is 17.7 Å². The Kier molecular flexibility index (Phi) is 7.58. The van der Waals surface area contributed by atoms with Gasteiger partial charge in [0, 0.05) is 37.0 Å². The molecule has 3 rings (SSSR count). The molecule has 33 heavy (non-hydrogen) atoms. The van der Waals surface area contributed by atoms with Crippen molar-refractivity contribution in [1.29, 1.82) is 0 Å². The van der Waals surface area contributed by atoms with Crippen molar-refractivity contribution in [3.8, 4) is 5.75 Å². The molecule has 1 aliphatic heterocycles. The zero-order chi connectivity index (χ0) is 24.3. The number of ether oxygens (including phenoxy) is 3. The zero-order valence-electron chi connectivity index (χ0n) is 20.1. The highest BCUT2D eigenvalue weighted by molar-refractivity contribution is 6.07. The Labute approximate surface area is 194 Å². The fourth-order valence-corrected chi connectivity index (χ4v) is 4.40. The first-order chi connectivity index (χ1) is 15.7. The van der Waals surface area contributed by atoms with Crippen LogP contribution in [0.15, 0.2) is 24.3 Å². The molecule has 0 aliphatic carbocycles. The first kappa shape index (κ1) is 24.5. The fraction of sp³-hybridized carbons (Fsp3) is 0.480. The third-order valence-electron chi connectivity index (χ3n) is 6.42. The van der Waals surface area contributed by atoms with Crippen molar-refractivity contribution in [2.24, 2.45) is 7.05 Å². The van der Waals surface area contributed by atoms with E-state index in [0.717, 1.165) is 12.8 Å². The molecule has 1 fully saturated rings. The highest BCUT2D eigenvalue weighted by atomic mass is 16.5. The van der Waals surface area contributed by atoms with Gasteiger partial charge < -0.3 is 23.7 Å². The molecule has 1 amide bonds. The number of ketones is 1. The molecule has 0 radical (unpaired) electrons. The van der Waals surface area contributed by atoms with E-state index >= 15 is 0 Å². The smallest absolute Gasteiger partial charge is 0.354 e. The fourth-order valence-electron chi connectivity index (χ4n) is 4.40. The maximum atomic E-state index is 13.7. The summed E-state index contributed by atoms with van der Waals surface area (Å²) in [6.07, 6.45) is 1.64. The lowest BCUT2D eigenvalue weighted by Gasteiger charge is -2.31. The molecule has 2 aromatic rings. The number of hydrogen-bond donors (Lipinski definition) is 0. The number of benzene rings is 1. The number of rotatable bonds is 8. The van der Waals surface area contributed by atoms with E-state index in [1.165, 1.54) is 7.11 Å². The molecule has 8 heteroatoms. The predicted octanol–water partition coefficient (Wildman–Crippen LogP) is 3.33. The van der Waals surface area contributed by atoms with Crippen molar-refractivity contribution < 1.29 is 28.6 Å². The zero-order valence-corrected chi connectivity index (χ0v) is 20.1. The molecule has 2 atom stereocenters.